The summed E-state index contributed by atoms with van der Waals surface area (Å²) in [5, 5.41) is 8.71. The average molecular weight is 322 g/mol. The Balaban J connectivity index is 0.00000400. The first kappa shape index (κ1) is 20.1. The quantitative estimate of drug-likeness (QED) is 0.543. The SMILES string of the molecule is COCCNCC(=O)NCCC(=O)NC1CCCCC1.Cl. The molecule has 0 aromatic heterocycles. The fraction of sp³-hybridized carbons (Fsp3) is 0.857. The molecule has 0 aromatic rings. The fourth-order valence-electron chi connectivity index (χ4n) is 2.30. The zero-order valence-electron chi connectivity index (χ0n) is 12.8. The van der Waals surface area contributed by atoms with Gasteiger partial charge in [-0.1, -0.05) is 19.3 Å². The van der Waals surface area contributed by atoms with Gasteiger partial charge < -0.3 is 20.7 Å². The second kappa shape index (κ2) is 12.9. The number of amides is 2. The van der Waals surface area contributed by atoms with Crippen LogP contribution in [0.3, 0.4) is 0 Å². The van der Waals surface area contributed by atoms with Gasteiger partial charge in [0.2, 0.25) is 11.8 Å². The Morgan fingerprint density at radius 2 is 1.81 bits per heavy atom. The third-order valence-corrected chi connectivity index (χ3v) is 3.41. The largest absolute Gasteiger partial charge is 0.383 e. The average Bonchev–Trinajstić information content (AvgIpc) is 2.45. The minimum absolute atomic E-state index is 0. The number of nitrogens with one attached hydrogen (secondary N) is 3. The minimum Gasteiger partial charge on any atom is -0.383 e. The van der Waals surface area contributed by atoms with Gasteiger partial charge in [-0.15, -0.1) is 12.4 Å². The molecule has 0 heterocycles. The normalized spacial score (nSPS) is 15.1. The maximum absolute atomic E-state index is 11.7. The fourth-order valence-corrected chi connectivity index (χ4v) is 2.30. The van der Waals surface area contributed by atoms with Crippen molar-refractivity contribution in [3.8, 4) is 0 Å². The minimum atomic E-state index is -0.0911. The molecule has 21 heavy (non-hydrogen) atoms. The van der Waals surface area contributed by atoms with Gasteiger partial charge in [0.05, 0.1) is 13.2 Å². The van der Waals surface area contributed by atoms with Crippen molar-refractivity contribution in [2.24, 2.45) is 0 Å². The first-order chi connectivity index (χ1) is 9.72. The van der Waals surface area contributed by atoms with Crippen molar-refractivity contribution >= 4 is 24.2 Å². The molecule has 0 radical (unpaired) electrons. The third kappa shape index (κ3) is 10.5. The van der Waals surface area contributed by atoms with Crippen molar-refractivity contribution in [1.29, 1.82) is 0 Å². The van der Waals surface area contributed by atoms with E-state index in [0.717, 1.165) is 12.8 Å². The number of carbonyl (C=O) groups is 2. The molecule has 6 nitrogen and oxygen atoms in total. The molecule has 124 valence electrons. The van der Waals surface area contributed by atoms with Crippen LogP contribution in [0.4, 0.5) is 0 Å². The van der Waals surface area contributed by atoms with Crippen molar-refractivity contribution in [3.05, 3.63) is 0 Å². The zero-order valence-corrected chi connectivity index (χ0v) is 13.6. The lowest BCUT2D eigenvalue weighted by molar-refractivity contribution is -0.122. The van der Waals surface area contributed by atoms with E-state index in [1.54, 1.807) is 7.11 Å². The van der Waals surface area contributed by atoms with Gasteiger partial charge in [-0.25, -0.2) is 0 Å². The predicted octanol–water partition coefficient (Wildman–Crippen LogP) is 0.599. The smallest absolute Gasteiger partial charge is 0.233 e. The monoisotopic (exact) mass is 321 g/mol. The van der Waals surface area contributed by atoms with Gasteiger partial charge in [-0.3, -0.25) is 9.59 Å². The summed E-state index contributed by atoms with van der Waals surface area (Å²) in [6, 6.07) is 0.336. The Morgan fingerprint density at radius 1 is 1.10 bits per heavy atom. The van der Waals surface area contributed by atoms with Gasteiger partial charge in [0.25, 0.3) is 0 Å². The van der Waals surface area contributed by atoms with Crippen LogP contribution < -0.4 is 16.0 Å². The number of carbonyl (C=O) groups excluding carboxylic acids is 2. The van der Waals surface area contributed by atoms with Crippen LogP contribution in [0.15, 0.2) is 0 Å². The molecule has 1 saturated carbocycles. The Labute approximate surface area is 133 Å². The second-order valence-corrected chi connectivity index (χ2v) is 5.17. The van der Waals surface area contributed by atoms with Crippen LogP contribution in [-0.2, 0) is 14.3 Å². The summed E-state index contributed by atoms with van der Waals surface area (Å²) < 4.78 is 4.86. The standard InChI is InChI=1S/C14H27N3O3.ClH/c1-20-10-9-15-11-14(19)16-8-7-13(18)17-12-5-3-2-4-6-12;/h12,15H,2-11H2,1H3,(H,16,19)(H,17,18);1H. The van der Waals surface area contributed by atoms with Crippen molar-refractivity contribution in [2.75, 3.05) is 33.4 Å². The number of methoxy groups -OCH3 is 1. The van der Waals surface area contributed by atoms with E-state index in [1.807, 2.05) is 0 Å². The van der Waals surface area contributed by atoms with Gasteiger partial charge in [0.15, 0.2) is 0 Å². The molecule has 1 aliphatic rings. The third-order valence-electron chi connectivity index (χ3n) is 3.41. The number of hydrogen-bond acceptors (Lipinski definition) is 4. The summed E-state index contributed by atoms with van der Waals surface area (Å²) in [5.74, 6) is -0.0592. The highest BCUT2D eigenvalue weighted by molar-refractivity contribution is 5.85. The molecule has 7 heteroatoms. The molecule has 2 amide bonds. The van der Waals surface area contributed by atoms with Crippen LogP contribution in [-0.4, -0.2) is 51.2 Å². The first-order valence-corrected chi connectivity index (χ1v) is 7.48. The Morgan fingerprint density at radius 3 is 2.48 bits per heavy atom. The Kier molecular flexibility index (Phi) is 12.3. The van der Waals surface area contributed by atoms with E-state index in [0.29, 0.717) is 32.2 Å². The number of rotatable bonds is 9. The topological polar surface area (TPSA) is 79.5 Å². The summed E-state index contributed by atoms with van der Waals surface area (Å²) >= 11 is 0. The van der Waals surface area contributed by atoms with Crippen LogP contribution in [0, 0.1) is 0 Å². The Hall–Kier alpha value is -0.850. The molecule has 0 spiro atoms. The van der Waals surface area contributed by atoms with E-state index >= 15 is 0 Å². The van der Waals surface area contributed by atoms with Crippen molar-refractivity contribution in [2.45, 2.75) is 44.6 Å². The van der Waals surface area contributed by atoms with E-state index in [9.17, 15) is 9.59 Å². The van der Waals surface area contributed by atoms with Crippen molar-refractivity contribution < 1.29 is 14.3 Å². The molecule has 1 fully saturated rings. The van der Waals surface area contributed by atoms with Crippen LogP contribution in [0.25, 0.3) is 0 Å². The molecule has 0 bridgehead atoms. The highest BCUT2D eigenvalue weighted by atomic mass is 35.5. The van der Waals surface area contributed by atoms with Gasteiger partial charge in [-0.05, 0) is 12.8 Å². The lowest BCUT2D eigenvalue weighted by atomic mass is 9.95. The molecule has 0 aromatic carbocycles. The molecular formula is C14H28ClN3O3. The molecule has 3 N–H and O–H groups in total. The lowest BCUT2D eigenvalue weighted by Crippen LogP contribution is -2.40. The molecule has 0 unspecified atom stereocenters. The summed E-state index contributed by atoms with van der Waals surface area (Å²) in [6.07, 6.45) is 6.20. The van der Waals surface area contributed by atoms with Gasteiger partial charge in [0, 0.05) is 32.7 Å². The van der Waals surface area contributed by atoms with E-state index < -0.39 is 0 Å². The highest BCUT2D eigenvalue weighted by Gasteiger charge is 2.15. The summed E-state index contributed by atoms with van der Waals surface area (Å²) in [5.41, 5.74) is 0. The van der Waals surface area contributed by atoms with Gasteiger partial charge in [0.1, 0.15) is 0 Å². The van der Waals surface area contributed by atoms with Gasteiger partial charge in [-0.2, -0.15) is 0 Å². The van der Waals surface area contributed by atoms with E-state index in [4.69, 9.17) is 4.74 Å². The van der Waals surface area contributed by atoms with Crippen LogP contribution in [0.1, 0.15) is 38.5 Å². The number of ether oxygens (including phenoxy) is 1. The molecule has 0 aliphatic heterocycles. The second-order valence-electron chi connectivity index (χ2n) is 5.17. The van der Waals surface area contributed by atoms with Crippen LogP contribution >= 0.6 is 12.4 Å². The maximum atomic E-state index is 11.7. The molecule has 0 saturated heterocycles. The molecule has 0 atom stereocenters. The number of hydrogen-bond donors (Lipinski definition) is 3. The molecule has 1 aliphatic carbocycles. The molecule has 1 rings (SSSR count). The van der Waals surface area contributed by atoms with Crippen molar-refractivity contribution in [1.82, 2.24) is 16.0 Å². The lowest BCUT2D eigenvalue weighted by Gasteiger charge is -2.22. The number of halogens is 1. The zero-order chi connectivity index (χ0) is 14.6. The predicted molar refractivity (Wildman–Crippen MR) is 84.6 cm³/mol. The van der Waals surface area contributed by atoms with Crippen LogP contribution in [0.2, 0.25) is 0 Å². The highest BCUT2D eigenvalue weighted by Crippen LogP contribution is 2.17. The van der Waals surface area contributed by atoms with Gasteiger partial charge >= 0.3 is 0 Å². The summed E-state index contributed by atoms with van der Waals surface area (Å²) in [7, 11) is 1.62. The molecular weight excluding hydrogens is 294 g/mol. The maximum Gasteiger partial charge on any atom is 0.233 e. The summed E-state index contributed by atoms with van der Waals surface area (Å²) in [6.45, 7) is 1.88. The van der Waals surface area contributed by atoms with E-state index in [2.05, 4.69) is 16.0 Å². The van der Waals surface area contributed by atoms with Crippen LogP contribution in [0.5, 0.6) is 0 Å². The Bertz CT molecular complexity index is 297. The first-order valence-electron chi connectivity index (χ1n) is 7.48. The van der Waals surface area contributed by atoms with Crippen molar-refractivity contribution in [3.63, 3.8) is 0 Å². The van der Waals surface area contributed by atoms with E-state index in [-0.39, 0.29) is 30.8 Å². The van der Waals surface area contributed by atoms with E-state index in [1.165, 1.54) is 19.3 Å². The summed E-state index contributed by atoms with van der Waals surface area (Å²) in [4.78, 5) is 23.1.